The van der Waals surface area contributed by atoms with Crippen LogP contribution in [-0.2, 0) is 6.42 Å². The molecule has 0 saturated heterocycles. The average molecular weight is 364 g/mol. The van der Waals surface area contributed by atoms with Crippen molar-refractivity contribution in [3.8, 4) is 17.0 Å². The lowest BCUT2D eigenvalue weighted by molar-refractivity contribution is 0.0989. The maximum Gasteiger partial charge on any atom is 0.258 e. The van der Waals surface area contributed by atoms with Crippen LogP contribution in [0.5, 0.6) is 5.75 Å². The van der Waals surface area contributed by atoms with Crippen LogP contribution in [0.25, 0.3) is 11.3 Å². The number of hydrogen-bond acceptors (Lipinski definition) is 4. The second kappa shape index (κ2) is 6.92. The van der Waals surface area contributed by atoms with Crippen molar-refractivity contribution in [2.45, 2.75) is 20.3 Å². The van der Waals surface area contributed by atoms with E-state index in [1.165, 1.54) is 5.56 Å². The molecule has 4 nitrogen and oxygen atoms in total. The monoisotopic (exact) mass is 364 g/mol. The van der Waals surface area contributed by atoms with Crippen LogP contribution < -0.4 is 9.64 Å². The van der Waals surface area contributed by atoms with Crippen LogP contribution in [0.15, 0.2) is 47.8 Å². The maximum absolute atomic E-state index is 12.9. The first kappa shape index (κ1) is 16.8. The number of aryl methyl sites for hydroxylation is 1. The van der Waals surface area contributed by atoms with Crippen molar-refractivity contribution in [3.63, 3.8) is 0 Å². The minimum absolute atomic E-state index is 0.0315. The summed E-state index contributed by atoms with van der Waals surface area (Å²) in [5.74, 6) is 0.818. The summed E-state index contributed by atoms with van der Waals surface area (Å²) in [6.07, 6.45) is 0.870. The molecule has 1 aliphatic heterocycles. The van der Waals surface area contributed by atoms with Gasteiger partial charge in [-0.25, -0.2) is 4.98 Å². The molecular formula is C21H20N2O2S. The molecule has 3 aromatic rings. The molecule has 0 saturated carbocycles. The van der Waals surface area contributed by atoms with E-state index in [9.17, 15) is 4.79 Å². The van der Waals surface area contributed by atoms with E-state index in [0.717, 1.165) is 34.1 Å². The fourth-order valence-corrected chi connectivity index (χ4v) is 3.91. The summed E-state index contributed by atoms with van der Waals surface area (Å²) >= 11 is 1.65. The standard InChI is InChI=1S/C21H20N2O2S/c1-3-25-18-7-4-15(5-8-18)21(24)23-11-10-17-12-16(6-9-20(17)23)19-13-26-14(2)22-19/h4-9,12-13H,3,10-11H2,1-2H3. The van der Waals surface area contributed by atoms with Gasteiger partial charge in [-0.2, -0.15) is 0 Å². The molecule has 1 aromatic heterocycles. The van der Waals surface area contributed by atoms with Crippen molar-refractivity contribution < 1.29 is 9.53 Å². The van der Waals surface area contributed by atoms with Crippen LogP contribution in [0.3, 0.4) is 0 Å². The summed E-state index contributed by atoms with van der Waals surface area (Å²) in [5, 5.41) is 3.14. The SMILES string of the molecule is CCOc1ccc(C(=O)N2CCc3cc(-c4csc(C)n4)ccc32)cc1. The van der Waals surface area contributed by atoms with Crippen molar-refractivity contribution in [2.75, 3.05) is 18.1 Å². The molecule has 4 rings (SSSR count). The zero-order valence-electron chi connectivity index (χ0n) is 14.9. The van der Waals surface area contributed by atoms with Gasteiger partial charge in [0, 0.05) is 28.7 Å². The van der Waals surface area contributed by atoms with Crippen molar-refractivity contribution >= 4 is 22.9 Å². The van der Waals surface area contributed by atoms with Gasteiger partial charge in [-0.05, 0) is 62.2 Å². The van der Waals surface area contributed by atoms with E-state index < -0.39 is 0 Å². The molecule has 5 heteroatoms. The number of nitrogens with zero attached hydrogens (tertiary/aromatic N) is 2. The molecule has 0 spiro atoms. The van der Waals surface area contributed by atoms with E-state index >= 15 is 0 Å². The molecule has 2 aromatic carbocycles. The third kappa shape index (κ3) is 3.10. The van der Waals surface area contributed by atoms with Gasteiger partial charge in [0.15, 0.2) is 0 Å². The van der Waals surface area contributed by atoms with Crippen LogP contribution in [-0.4, -0.2) is 24.0 Å². The molecule has 132 valence electrons. The Morgan fingerprint density at radius 1 is 1.23 bits per heavy atom. The highest BCUT2D eigenvalue weighted by Gasteiger charge is 2.26. The van der Waals surface area contributed by atoms with Gasteiger partial charge in [0.2, 0.25) is 0 Å². The summed E-state index contributed by atoms with van der Waals surface area (Å²) < 4.78 is 5.45. The van der Waals surface area contributed by atoms with Crippen LogP contribution in [0.1, 0.15) is 27.9 Å². The predicted octanol–water partition coefficient (Wildman–Crippen LogP) is 4.72. The van der Waals surface area contributed by atoms with Gasteiger partial charge in [-0.3, -0.25) is 4.79 Å². The number of amides is 1. The lowest BCUT2D eigenvalue weighted by Crippen LogP contribution is -2.28. The van der Waals surface area contributed by atoms with Crippen LogP contribution in [0.4, 0.5) is 5.69 Å². The third-order valence-electron chi connectivity index (χ3n) is 4.55. The maximum atomic E-state index is 12.9. The van der Waals surface area contributed by atoms with Gasteiger partial charge < -0.3 is 9.64 Å². The van der Waals surface area contributed by atoms with Crippen molar-refractivity contribution in [1.29, 1.82) is 0 Å². The average Bonchev–Trinajstić information content (AvgIpc) is 3.27. The number of rotatable bonds is 4. The number of carbonyl (C=O) groups is 1. The number of benzene rings is 2. The fraction of sp³-hybridized carbons (Fsp3) is 0.238. The Kier molecular flexibility index (Phi) is 4.47. The van der Waals surface area contributed by atoms with Crippen LogP contribution in [0.2, 0.25) is 0 Å². The van der Waals surface area contributed by atoms with Gasteiger partial charge in [0.25, 0.3) is 5.91 Å². The first-order chi connectivity index (χ1) is 12.7. The lowest BCUT2D eigenvalue weighted by Gasteiger charge is -2.18. The highest BCUT2D eigenvalue weighted by molar-refractivity contribution is 7.09. The van der Waals surface area contributed by atoms with Gasteiger partial charge in [-0.1, -0.05) is 6.07 Å². The molecule has 2 heterocycles. The minimum Gasteiger partial charge on any atom is -0.494 e. The van der Waals surface area contributed by atoms with Crippen molar-refractivity contribution in [2.24, 2.45) is 0 Å². The van der Waals surface area contributed by atoms with Gasteiger partial charge in [0.05, 0.1) is 17.3 Å². The summed E-state index contributed by atoms with van der Waals surface area (Å²) in [5.41, 5.74) is 5.00. The van der Waals surface area contributed by atoms with E-state index in [1.807, 2.05) is 49.1 Å². The smallest absolute Gasteiger partial charge is 0.258 e. The van der Waals surface area contributed by atoms with Crippen molar-refractivity contribution in [1.82, 2.24) is 4.98 Å². The largest absolute Gasteiger partial charge is 0.494 e. The van der Waals surface area contributed by atoms with Gasteiger partial charge in [0.1, 0.15) is 5.75 Å². The Hall–Kier alpha value is -2.66. The van der Waals surface area contributed by atoms with Crippen LogP contribution >= 0.6 is 11.3 Å². The summed E-state index contributed by atoms with van der Waals surface area (Å²) in [7, 11) is 0. The molecule has 1 aliphatic rings. The quantitative estimate of drug-likeness (QED) is 0.673. The van der Waals surface area contributed by atoms with Gasteiger partial charge in [-0.15, -0.1) is 11.3 Å². The first-order valence-electron chi connectivity index (χ1n) is 8.76. The molecule has 0 N–H and O–H groups in total. The number of ether oxygens (including phenoxy) is 1. The zero-order valence-corrected chi connectivity index (χ0v) is 15.7. The fourth-order valence-electron chi connectivity index (χ4n) is 3.28. The third-order valence-corrected chi connectivity index (χ3v) is 5.32. The molecule has 0 fully saturated rings. The normalized spacial score (nSPS) is 12.9. The van der Waals surface area contributed by atoms with E-state index in [-0.39, 0.29) is 5.91 Å². The molecule has 26 heavy (non-hydrogen) atoms. The Balaban J connectivity index is 1.58. The summed E-state index contributed by atoms with van der Waals surface area (Å²) in [6.45, 7) is 5.29. The highest BCUT2D eigenvalue weighted by atomic mass is 32.1. The molecule has 0 radical (unpaired) electrons. The minimum atomic E-state index is 0.0315. The van der Waals surface area contributed by atoms with E-state index in [4.69, 9.17) is 4.74 Å². The number of fused-ring (bicyclic) bond motifs is 1. The molecule has 0 aliphatic carbocycles. The molecule has 1 amide bonds. The van der Waals surface area contributed by atoms with Gasteiger partial charge >= 0.3 is 0 Å². The Morgan fingerprint density at radius 2 is 2.04 bits per heavy atom. The second-order valence-corrected chi connectivity index (χ2v) is 7.32. The molecule has 0 atom stereocenters. The Morgan fingerprint density at radius 3 is 2.73 bits per heavy atom. The second-order valence-electron chi connectivity index (χ2n) is 6.26. The first-order valence-corrected chi connectivity index (χ1v) is 9.64. The summed E-state index contributed by atoms with van der Waals surface area (Å²) in [4.78, 5) is 19.3. The van der Waals surface area contributed by atoms with E-state index in [1.54, 1.807) is 11.3 Å². The van der Waals surface area contributed by atoms with E-state index in [0.29, 0.717) is 18.7 Å². The topological polar surface area (TPSA) is 42.4 Å². The number of aromatic nitrogens is 1. The number of hydrogen-bond donors (Lipinski definition) is 0. The Bertz CT molecular complexity index is 947. The number of thiazole rings is 1. The number of carbonyl (C=O) groups excluding carboxylic acids is 1. The van der Waals surface area contributed by atoms with E-state index in [2.05, 4.69) is 22.5 Å². The summed E-state index contributed by atoms with van der Waals surface area (Å²) in [6, 6.07) is 13.6. The Labute approximate surface area is 157 Å². The van der Waals surface area contributed by atoms with Crippen LogP contribution in [0, 0.1) is 6.92 Å². The molecule has 0 unspecified atom stereocenters. The lowest BCUT2D eigenvalue weighted by atomic mass is 10.1. The zero-order chi connectivity index (χ0) is 18.1. The predicted molar refractivity (Wildman–Crippen MR) is 105 cm³/mol. The molecule has 0 bridgehead atoms. The number of anilines is 1. The highest BCUT2D eigenvalue weighted by Crippen LogP contribution is 2.33. The van der Waals surface area contributed by atoms with Crippen molar-refractivity contribution in [3.05, 3.63) is 64.0 Å². The molecular weight excluding hydrogens is 344 g/mol.